The number of rotatable bonds is 4. The first-order valence-corrected chi connectivity index (χ1v) is 8.18. The van der Waals surface area contributed by atoms with Crippen molar-refractivity contribution in [1.29, 1.82) is 0 Å². The number of likely N-dealkylation sites (tertiary alicyclic amines) is 2. The van der Waals surface area contributed by atoms with Crippen LogP contribution in [-0.4, -0.2) is 47.0 Å². The quantitative estimate of drug-likeness (QED) is 0.861. The minimum Gasteiger partial charge on any atom is -0.361 e. The van der Waals surface area contributed by atoms with Crippen molar-refractivity contribution in [3.05, 3.63) is 53.2 Å². The minimum absolute atomic E-state index is 0.123. The molecule has 0 bridgehead atoms. The molecular weight excluding hydrogens is 309 g/mol. The monoisotopic (exact) mass is 329 g/mol. The van der Waals surface area contributed by atoms with Crippen molar-refractivity contribution in [1.82, 2.24) is 15.0 Å². The molecule has 0 saturated carbocycles. The molecule has 126 valence electrons. The molecule has 1 spiro atoms. The van der Waals surface area contributed by atoms with Gasteiger partial charge in [-0.25, -0.2) is 4.39 Å². The third kappa shape index (κ3) is 2.94. The highest BCUT2D eigenvalue weighted by molar-refractivity contribution is 5.79. The third-order valence-corrected chi connectivity index (χ3v) is 4.85. The van der Waals surface area contributed by atoms with Crippen LogP contribution in [0.4, 0.5) is 4.39 Å². The molecule has 2 aromatic rings. The summed E-state index contributed by atoms with van der Waals surface area (Å²) in [5, 5.41) is 4.02. The van der Waals surface area contributed by atoms with Crippen LogP contribution in [0.25, 0.3) is 0 Å². The summed E-state index contributed by atoms with van der Waals surface area (Å²) < 4.78 is 18.0. The van der Waals surface area contributed by atoms with Gasteiger partial charge in [-0.1, -0.05) is 17.3 Å². The van der Waals surface area contributed by atoms with Crippen LogP contribution in [0.1, 0.15) is 17.0 Å². The number of hydrogen-bond acceptors (Lipinski definition) is 4. The van der Waals surface area contributed by atoms with Gasteiger partial charge < -0.3 is 9.42 Å². The molecule has 0 N–H and O–H groups in total. The molecule has 1 aromatic heterocycles. The lowest BCUT2D eigenvalue weighted by atomic mass is 9.72. The molecule has 2 aliphatic rings. The summed E-state index contributed by atoms with van der Waals surface area (Å²) in [5.41, 5.74) is 2.09. The fourth-order valence-electron chi connectivity index (χ4n) is 3.76. The fraction of sp³-hybridized carbons (Fsp3) is 0.444. The van der Waals surface area contributed by atoms with Gasteiger partial charge >= 0.3 is 0 Å². The lowest BCUT2D eigenvalue weighted by molar-refractivity contribution is -0.159. The Hall–Kier alpha value is -2.21. The van der Waals surface area contributed by atoms with Crippen LogP contribution in [-0.2, 0) is 17.8 Å². The molecule has 1 amide bonds. The summed E-state index contributed by atoms with van der Waals surface area (Å²) in [6.07, 6.45) is 0.346. The molecule has 0 radical (unpaired) electrons. The maximum Gasteiger partial charge on any atom is 0.227 e. The Balaban J connectivity index is 1.23. The van der Waals surface area contributed by atoms with Crippen LogP contribution >= 0.6 is 0 Å². The van der Waals surface area contributed by atoms with E-state index in [1.54, 1.807) is 12.1 Å². The number of halogens is 1. The molecule has 0 atom stereocenters. The molecule has 5 nitrogen and oxygen atoms in total. The number of hydrogen-bond donors (Lipinski definition) is 0. The highest BCUT2D eigenvalue weighted by Gasteiger charge is 2.52. The van der Waals surface area contributed by atoms with Crippen molar-refractivity contribution in [2.75, 3.05) is 26.2 Å². The van der Waals surface area contributed by atoms with Gasteiger partial charge in [0.2, 0.25) is 5.91 Å². The van der Waals surface area contributed by atoms with Gasteiger partial charge in [0.15, 0.2) is 0 Å². The SMILES string of the molecule is Cc1cc(CN2CC3(C2)CN(C(=O)Cc2ccc(F)cc2)C3)no1. The summed E-state index contributed by atoms with van der Waals surface area (Å²) in [6, 6.07) is 8.11. The van der Waals surface area contributed by atoms with E-state index >= 15 is 0 Å². The zero-order chi connectivity index (χ0) is 16.7. The van der Waals surface area contributed by atoms with Gasteiger partial charge in [0.05, 0.1) is 12.1 Å². The van der Waals surface area contributed by atoms with Gasteiger partial charge in [-0.05, 0) is 24.6 Å². The molecule has 2 saturated heterocycles. The first kappa shape index (κ1) is 15.3. The Bertz CT molecular complexity index is 742. The average Bonchev–Trinajstić information content (AvgIpc) is 2.87. The Kier molecular flexibility index (Phi) is 3.64. The Morgan fingerprint density at radius 3 is 2.58 bits per heavy atom. The van der Waals surface area contributed by atoms with Crippen molar-refractivity contribution in [2.45, 2.75) is 19.9 Å². The molecule has 0 aliphatic carbocycles. The third-order valence-electron chi connectivity index (χ3n) is 4.85. The van der Waals surface area contributed by atoms with Crippen molar-refractivity contribution in [3.8, 4) is 0 Å². The van der Waals surface area contributed by atoms with Crippen molar-refractivity contribution in [2.24, 2.45) is 5.41 Å². The summed E-state index contributed by atoms with van der Waals surface area (Å²) in [7, 11) is 0. The molecule has 24 heavy (non-hydrogen) atoms. The first-order valence-electron chi connectivity index (χ1n) is 8.18. The first-order chi connectivity index (χ1) is 11.5. The van der Waals surface area contributed by atoms with E-state index in [0.29, 0.717) is 6.42 Å². The van der Waals surface area contributed by atoms with E-state index in [2.05, 4.69) is 10.1 Å². The molecule has 6 heteroatoms. The highest BCUT2D eigenvalue weighted by atomic mass is 19.1. The van der Waals surface area contributed by atoms with E-state index in [-0.39, 0.29) is 17.1 Å². The van der Waals surface area contributed by atoms with Crippen LogP contribution in [0.3, 0.4) is 0 Å². The smallest absolute Gasteiger partial charge is 0.227 e. The second-order valence-corrected chi connectivity index (χ2v) is 7.13. The summed E-state index contributed by atoms with van der Waals surface area (Å²) >= 11 is 0. The molecule has 4 rings (SSSR count). The Morgan fingerprint density at radius 2 is 1.96 bits per heavy atom. The lowest BCUT2D eigenvalue weighted by Crippen LogP contribution is -2.72. The van der Waals surface area contributed by atoms with Gasteiger partial charge in [-0.15, -0.1) is 0 Å². The Labute approximate surface area is 140 Å². The zero-order valence-corrected chi connectivity index (χ0v) is 13.7. The van der Waals surface area contributed by atoms with Crippen molar-refractivity contribution >= 4 is 5.91 Å². The van der Waals surface area contributed by atoms with Crippen LogP contribution in [0.5, 0.6) is 0 Å². The van der Waals surface area contributed by atoms with E-state index in [1.165, 1.54) is 12.1 Å². The van der Waals surface area contributed by atoms with E-state index in [0.717, 1.165) is 49.7 Å². The predicted octanol–water partition coefficient (Wildman–Crippen LogP) is 2.01. The second-order valence-electron chi connectivity index (χ2n) is 7.13. The molecule has 0 unspecified atom stereocenters. The van der Waals surface area contributed by atoms with Gasteiger partial charge in [0, 0.05) is 44.2 Å². The van der Waals surface area contributed by atoms with Crippen LogP contribution in [0.15, 0.2) is 34.9 Å². The summed E-state index contributed by atoms with van der Waals surface area (Å²) in [4.78, 5) is 16.5. The van der Waals surface area contributed by atoms with E-state index in [1.807, 2.05) is 17.9 Å². The number of benzene rings is 1. The van der Waals surface area contributed by atoms with Crippen molar-refractivity contribution in [3.63, 3.8) is 0 Å². The molecule has 2 aliphatic heterocycles. The Morgan fingerprint density at radius 1 is 1.25 bits per heavy atom. The largest absolute Gasteiger partial charge is 0.361 e. The van der Waals surface area contributed by atoms with Gasteiger partial charge in [-0.2, -0.15) is 0 Å². The normalized spacial score (nSPS) is 19.2. The van der Waals surface area contributed by atoms with Gasteiger partial charge in [0.1, 0.15) is 11.6 Å². The maximum atomic E-state index is 12.9. The number of aryl methyl sites for hydroxylation is 1. The average molecular weight is 329 g/mol. The summed E-state index contributed by atoms with van der Waals surface area (Å²) in [5.74, 6) is 0.685. The second kappa shape index (κ2) is 5.70. The number of aromatic nitrogens is 1. The number of carbonyl (C=O) groups is 1. The lowest BCUT2D eigenvalue weighted by Gasteiger charge is -2.60. The number of amides is 1. The van der Waals surface area contributed by atoms with E-state index < -0.39 is 0 Å². The fourth-order valence-corrected chi connectivity index (χ4v) is 3.76. The van der Waals surface area contributed by atoms with Gasteiger partial charge in [0.25, 0.3) is 0 Å². The predicted molar refractivity (Wildman–Crippen MR) is 85.6 cm³/mol. The number of carbonyl (C=O) groups excluding carboxylic acids is 1. The molecular formula is C18H20FN3O2. The topological polar surface area (TPSA) is 49.6 Å². The van der Waals surface area contributed by atoms with Crippen LogP contribution in [0.2, 0.25) is 0 Å². The van der Waals surface area contributed by atoms with Crippen LogP contribution < -0.4 is 0 Å². The summed E-state index contributed by atoms with van der Waals surface area (Å²) in [6.45, 7) is 6.34. The standard InChI is InChI=1S/C18H20FN3O2/c1-13-6-16(20-24-13)8-21-9-18(10-21)11-22(12-18)17(23)7-14-2-4-15(19)5-3-14/h2-6H,7-12H2,1H3. The number of nitrogens with zero attached hydrogens (tertiary/aromatic N) is 3. The van der Waals surface area contributed by atoms with E-state index in [9.17, 15) is 9.18 Å². The highest BCUT2D eigenvalue weighted by Crippen LogP contribution is 2.40. The zero-order valence-electron chi connectivity index (χ0n) is 13.7. The van der Waals surface area contributed by atoms with Gasteiger partial charge in [-0.3, -0.25) is 9.69 Å². The molecule has 3 heterocycles. The minimum atomic E-state index is -0.272. The van der Waals surface area contributed by atoms with Crippen LogP contribution in [0, 0.1) is 18.2 Å². The molecule has 2 fully saturated rings. The maximum absolute atomic E-state index is 12.9. The van der Waals surface area contributed by atoms with E-state index in [4.69, 9.17) is 4.52 Å². The molecule has 1 aromatic carbocycles. The van der Waals surface area contributed by atoms with Crippen molar-refractivity contribution < 1.29 is 13.7 Å².